The minimum absolute atomic E-state index is 0.0572. The highest BCUT2D eigenvalue weighted by Crippen LogP contribution is 2.34. The summed E-state index contributed by atoms with van der Waals surface area (Å²) in [6, 6.07) is 9.00. The van der Waals surface area contributed by atoms with Gasteiger partial charge in [-0.05, 0) is 50.6 Å². The Kier molecular flexibility index (Phi) is 4.55. The molecule has 0 radical (unpaired) electrons. The summed E-state index contributed by atoms with van der Waals surface area (Å²) in [5.41, 5.74) is 2.10. The van der Waals surface area contributed by atoms with Gasteiger partial charge in [-0.25, -0.2) is 13.8 Å². The normalized spacial score (nSPS) is 12.0. The van der Waals surface area contributed by atoms with Crippen molar-refractivity contribution < 1.29 is 13.4 Å². The predicted molar refractivity (Wildman–Crippen MR) is 109 cm³/mol. The van der Waals surface area contributed by atoms with E-state index in [-0.39, 0.29) is 12.3 Å². The van der Waals surface area contributed by atoms with E-state index in [9.17, 15) is 8.68 Å². The van der Waals surface area contributed by atoms with Crippen molar-refractivity contribution >= 4 is 52.0 Å². The first-order valence-electron chi connectivity index (χ1n) is 8.45. The number of carbonyl (C=O) groups excluding carboxylic acids is 1. The van der Waals surface area contributed by atoms with Crippen LogP contribution in [0.4, 0.5) is 8.68 Å². The third-order valence-corrected chi connectivity index (χ3v) is 4.74. The van der Waals surface area contributed by atoms with Crippen molar-refractivity contribution in [2.45, 2.75) is 26.4 Å². The van der Waals surface area contributed by atoms with Crippen LogP contribution in [0.2, 0.25) is 5.15 Å². The van der Waals surface area contributed by atoms with Gasteiger partial charge in [0.15, 0.2) is 18.0 Å². The lowest BCUT2D eigenvalue weighted by atomic mass is 10.0. The van der Waals surface area contributed by atoms with Gasteiger partial charge in [-0.2, -0.15) is 9.78 Å². The van der Waals surface area contributed by atoms with Gasteiger partial charge in [0.05, 0.1) is 11.7 Å². The Morgan fingerprint density at radius 1 is 1.25 bits per heavy atom. The Balaban J connectivity index is 1.80. The van der Waals surface area contributed by atoms with Gasteiger partial charge in [0.2, 0.25) is 0 Å². The third-order valence-electron chi connectivity index (χ3n) is 4.11. The fourth-order valence-electron chi connectivity index (χ4n) is 2.99. The van der Waals surface area contributed by atoms with Gasteiger partial charge in [-0.3, -0.25) is 0 Å². The molecule has 0 fully saturated rings. The van der Waals surface area contributed by atoms with Crippen LogP contribution in [0.25, 0.3) is 33.1 Å². The van der Waals surface area contributed by atoms with E-state index in [4.69, 9.17) is 16.3 Å². The Morgan fingerprint density at radius 3 is 2.75 bits per heavy atom. The average molecular weight is 419 g/mol. The molecule has 28 heavy (non-hydrogen) atoms. The predicted octanol–water partition coefficient (Wildman–Crippen LogP) is 5.87. The standard InChI is InChI=1S/C19H16ClFN4O2S/c1-19(2,3)27-18(26)25-15-6-4-11(8-12(15)9-22-25)14-10-24(28-21)17-13(14)5-7-16(20)23-17/h4-10H,1-3H3. The van der Waals surface area contributed by atoms with E-state index in [2.05, 4.69) is 10.1 Å². The summed E-state index contributed by atoms with van der Waals surface area (Å²) in [6.45, 7) is 5.40. The van der Waals surface area contributed by atoms with Gasteiger partial charge < -0.3 is 4.74 Å². The van der Waals surface area contributed by atoms with E-state index >= 15 is 0 Å². The Bertz CT molecular complexity index is 1210. The number of hydrogen-bond acceptors (Lipinski definition) is 5. The molecule has 4 rings (SSSR count). The lowest BCUT2D eigenvalue weighted by molar-refractivity contribution is 0.0522. The third kappa shape index (κ3) is 3.33. The first-order chi connectivity index (χ1) is 13.3. The molecule has 1 aromatic carbocycles. The Hall–Kier alpha value is -2.58. The molecule has 3 aromatic heterocycles. The Morgan fingerprint density at radius 2 is 2.04 bits per heavy atom. The van der Waals surface area contributed by atoms with Gasteiger partial charge in [-0.15, -0.1) is 3.89 Å². The topological polar surface area (TPSA) is 61.9 Å². The maximum absolute atomic E-state index is 13.3. The van der Waals surface area contributed by atoms with Crippen LogP contribution in [0.3, 0.4) is 0 Å². The van der Waals surface area contributed by atoms with Crippen LogP contribution < -0.4 is 0 Å². The number of benzene rings is 1. The number of halogens is 2. The molecule has 144 valence electrons. The molecule has 4 aromatic rings. The van der Waals surface area contributed by atoms with Crippen LogP contribution in [0.15, 0.2) is 42.7 Å². The summed E-state index contributed by atoms with van der Waals surface area (Å²) in [7, 11) is 0. The second-order valence-electron chi connectivity index (χ2n) is 7.25. The van der Waals surface area contributed by atoms with E-state index < -0.39 is 11.7 Å². The molecule has 0 spiro atoms. The zero-order chi connectivity index (χ0) is 20.1. The van der Waals surface area contributed by atoms with E-state index in [1.807, 2.05) is 12.1 Å². The van der Waals surface area contributed by atoms with Crippen molar-refractivity contribution in [3.63, 3.8) is 0 Å². The van der Waals surface area contributed by atoms with Crippen molar-refractivity contribution in [3.8, 4) is 11.1 Å². The molecule has 0 aliphatic rings. The molecule has 0 N–H and O–H groups in total. The molecule has 0 amide bonds. The summed E-state index contributed by atoms with van der Waals surface area (Å²) in [5.74, 6) is 0. The molecule has 0 atom stereocenters. The summed E-state index contributed by atoms with van der Waals surface area (Å²) in [4.78, 5) is 16.6. The van der Waals surface area contributed by atoms with Crippen LogP contribution in [0, 0.1) is 0 Å². The summed E-state index contributed by atoms with van der Waals surface area (Å²) >= 11 is 6.01. The van der Waals surface area contributed by atoms with Crippen molar-refractivity contribution in [2.24, 2.45) is 0 Å². The van der Waals surface area contributed by atoms with Crippen molar-refractivity contribution in [3.05, 3.63) is 47.9 Å². The number of fused-ring (bicyclic) bond motifs is 2. The number of pyridine rings is 1. The number of aromatic nitrogens is 4. The molecule has 3 heterocycles. The van der Waals surface area contributed by atoms with Gasteiger partial charge in [0.25, 0.3) is 0 Å². The monoisotopic (exact) mass is 418 g/mol. The number of nitrogens with zero attached hydrogens (tertiary/aromatic N) is 4. The van der Waals surface area contributed by atoms with E-state index in [0.29, 0.717) is 16.3 Å². The number of carbonyl (C=O) groups is 1. The van der Waals surface area contributed by atoms with E-state index in [1.54, 1.807) is 51.4 Å². The van der Waals surface area contributed by atoms with Crippen LogP contribution in [0.1, 0.15) is 20.8 Å². The van der Waals surface area contributed by atoms with E-state index in [0.717, 1.165) is 21.9 Å². The second kappa shape index (κ2) is 6.79. The molecular weight excluding hydrogens is 403 g/mol. The SMILES string of the molecule is CC(C)(C)OC(=O)n1ncc2cc(-c3cn(SF)c4nc(Cl)ccc34)ccc21. The van der Waals surface area contributed by atoms with Crippen LogP contribution in [-0.4, -0.2) is 30.4 Å². The van der Waals surface area contributed by atoms with Crippen molar-refractivity contribution in [2.75, 3.05) is 0 Å². The molecule has 0 bridgehead atoms. The number of hydrogen-bond donors (Lipinski definition) is 0. The van der Waals surface area contributed by atoms with Crippen LogP contribution in [-0.2, 0) is 4.74 Å². The minimum Gasteiger partial charge on any atom is -0.442 e. The maximum Gasteiger partial charge on any atom is 0.435 e. The zero-order valence-corrected chi connectivity index (χ0v) is 16.9. The first kappa shape index (κ1) is 18.8. The summed E-state index contributed by atoms with van der Waals surface area (Å²) in [6.07, 6.45) is 2.72. The van der Waals surface area contributed by atoms with Crippen molar-refractivity contribution in [1.29, 1.82) is 0 Å². The van der Waals surface area contributed by atoms with E-state index in [1.165, 1.54) is 8.65 Å². The molecule has 0 aliphatic carbocycles. The highest BCUT2D eigenvalue weighted by molar-refractivity contribution is 7.92. The zero-order valence-electron chi connectivity index (χ0n) is 15.3. The average Bonchev–Trinajstić information content (AvgIpc) is 3.20. The summed E-state index contributed by atoms with van der Waals surface area (Å²) in [5, 5.41) is 5.98. The quantitative estimate of drug-likeness (QED) is 0.381. The Labute approximate surface area is 169 Å². The first-order valence-corrected chi connectivity index (χ1v) is 9.50. The number of ether oxygens (including phenoxy) is 1. The van der Waals surface area contributed by atoms with Crippen molar-refractivity contribution in [1.82, 2.24) is 18.7 Å². The molecule has 0 saturated heterocycles. The maximum atomic E-state index is 13.3. The molecule has 0 saturated carbocycles. The van der Waals surface area contributed by atoms with Gasteiger partial charge in [0.1, 0.15) is 10.8 Å². The smallest absolute Gasteiger partial charge is 0.435 e. The second-order valence-corrected chi connectivity index (χ2v) is 8.17. The fraction of sp³-hybridized carbons (Fsp3) is 0.211. The largest absolute Gasteiger partial charge is 0.442 e. The van der Waals surface area contributed by atoms with Crippen LogP contribution in [0.5, 0.6) is 0 Å². The van der Waals surface area contributed by atoms with Gasteiger partial charge >= 0.3 is 6.09 Å². The highest BCUT2D eigenvalue weighted by Gasteiger charge is 2.20. The molecule has 0 unspecified atom stereocenters. The van der Waals surface area contributed by atoms with Gasteiger partial charge in [-0.1, -0.05) is 17.7 Å². The lowest BCUT2D eigenvalue weighted by Gasteiger charge is -2.19. The fourth-order valence-corrected chi connectivity index (χ4v) is 3.48. The number of rotatable bonds is 2. The summed E-state index contributed by atoms with van der Waals surface area (Å²) < 4.78 is 21.3. The minimum atomic E-state index is -0.616. The molecule has 6 nitrogen and oxygen atoms in total. The lowest BCUT2D eigenvalue weighted by Crippen LogP contribution is -2.27. The van der Waals surface area contributed by atoms with Crippen LogP contribution >= 0.6 is 23.9 Å². The molecular formula is C19H16ClFN4O2S. The van der Waals surface area contributed by atoms with Gasteiger partial charge in [0, 0.05) is 22.5 Å². The highest BCUT2D eigenvalue weighted by atomic mass is 35.5. The molecule has 0 aliphatic heterocycles. The molecule has 9 heteroatoms.